The fourth-order valence-electron chi connectivity index (χ4n) is 2.99. The van der Waals surface area contributed by atoms with E-state index in [1.165, 1.54) is 4.90 Å². The van der Waals surface area contributed by atoms with E-state index in [9.17, 15) is 18.0 Å². The molecule has 0 aromatic heterocycles. The van der Waals surface area contributed by atoms with Gasteiger partial charge in [-0.2, -0.15) is 0 Å². The molecular formula is C20H21NO5S. The predicted molar refractivity (Wildman–Crippen MR) is 102 cm³/mol. The zero-order valence-electron chi connectivity index (χ0n) is 15.0. The highest BCUT2D eigenvalue weighted by molar-refractivity contribution is 7.91. The summed E-state index contributed by atoms with van der Waals surface area (Å²) in [5.74, 6) is 0.237. The van der Waals surface area contributed by atoms with Gasteiger partial charge in [-0.05, 0) is 30.7 Å². The summed E-state index contributed by atoms with van der Waals surface area (Å²) < 4.78 is 28.6. The van der Waals surface area contributed by atoms with E-state index in [2.05, 4.69) is 0 Å². The van der Waals surface area contributed by atoms with Crippen LogP contribution in [0.1, 0.15) is 22.3 Å². The Morgan fingerprint density at radius 2 is 1.67 bits per heavy atom. The fraction of sp³-hybridized carbons (Fsp3) is 0.300. The number of benzene rings is 2. The average molecular weight is 387 g/mol. The zero-order chi connectivity index (χ0) is 19.4. The topological polar surface area (TPSA) is 80.8 Å². The van der Waals surface area contributed by atoms with E-state index >= 15 is 0 Å². The summed E-state index contributed by atoms with van der Waals surface area (Å²) in [4.78, 5) is 26.0. The second kappa shape index (κ2) is 7.92. The lowest BCUT2D eigenvalue weighted by molar-refractivity contribution is -0.133. The molecule has 1 unspecified atom stereocenters. The summed E-state index contributed by atoms with van der Waals surface area (Å²) in [7, 11) is -1.45. The van der Waals surface area contributed by atoms with Gasteiger partial charge in [0.1, 0.15) is 5.75 Å². The third kappa shape index (κ3) is 4.74. The number of rotatable bonds is 6. The highest BCUT2D eigenvalue weighted by Gasteiger charge is 2.32. The van der Waals surface area contributed by atoms with Gasteiger partial charge in [-0.25, -0.2) is 8.42 Å². The van der Waals surface area contributed by atoms with Gasteiger partial charge >= 0.3 is 0 Å². The van der Waals surface area contributed by atoms with Gasteiger partial charge in [0, 0.05) is 24.2 Å². The number of ether oxygens (including phenoxy) is 1. The molecule has 0 saturated carbocycles. The first-order valence-electron chi connectivity index (χ1n) is 8.64. The van der Waals surface area contributed by atoms with Crippen molar-refractivity contribution >= 4 is 21.5 Å². The third-order valence-electron chi connectivity index (χ3n) is 4.66. The van der Waals surface area contributed by atoms with Crippen molar-refractivity contribution in [3.05, 3.63) is 65.7 Å². The van der Waals surface area contributed by atoms with Crippen LogP contribution in [0, 0.1) is 0 Å². The zero-order valence-corrected chi connectivity index (χ0v) is 15.8. The van der Waals surface area contributed by atoms with Gasteiger partial charge in [-0.1, -0.05) is 30.3 Å². The number of amides is 1. The molecule has 1 saturated heterocycles. The molecule has 7 heteroatoms. The van der Waals surface area contributed by atoms with Gasteiger partial charge in [0.05, 0.1) is 11.5 Å². The molecule has 1 amide bonds. The molecule has 6 nitrogen and oxygen atoms in total. The van der Waals surface area contributed by atoms with Crippen LogP contribution in [0.3, 0.4) is 0 Å². The molecule has 2 aromatic carbocycles. The van der Waals surface area contributed by atoms with Gasteiger partial charge in [0.2, 0.25) is 0 Å². The van der Waals surface area contributed by atoms with E-state index in [0.717, 1.165) is 0 Å². The van der Waals surface area contributed by atoms with E-state index in [1.54, 1.807) is 43.4 Å². The van der Waals surface area contributed by atoms with Gasteiger partial charge in [0.15, 0.2) is 22.2 Å². The van der Waals surface area contributed by atoms with Crippen molar-refractivity contribution in [2.45, 2.75) is 12.5 Å². The minimum absolute atomic E-state index is 0.00549. The van der Waals surface area contributed by atoms with E-state index in [0.29, 0.717) is 23.3 Å². The Bertz CT molecular complexity index is 923. The maximum atomic E-state index is 12.4. The minimum atomic E-state index is -3.04. The standard InChI is InChI=1S/C20H21NO5S/c1-21(17-11-12-27(24,25)14-17)19(22)13-26-18-9-7-16(8-10-18)20(23)15-5-3-2-4-6-15/h2-10,17H,11-14H2,1H3. The molecule has 0 radical (unpaired) electrons. The van der Waals surface area contributed by atoms with E-state index < -0.39 is 9.84 Å². The minimum Gasteiger partial charge on any atom is -0.484 e. The number of hydrogen-bond acceptors (Lipinski definition) is 5. The van der Waals surface area contributed by atoms with E-state index in [-0.39, 0.29) is 35.8 Å². The van der Waals surface area contributed by atoms with Crippen LogP contribution < -0.4 is 4.74 Å². The van der Waals surface area contributed by atoms with Crippen LogP contribution in [0.2, 0.25) is 0 Å². The van der Waals surface area contributed by atoms with Crippen molar-refractivity contribution < 1.29 is 22.7 Å². The number of hydrogen-bond donors (Lipinski definition) is 0. The lowest BCUT2D eigenvalue weighted by atomic mass is 10.0. The molecule has 1 aliphatic heterocycles. The summed E-state index contributed by atoms with van der Waals surface area (Å²) in [6.45, 7) is -0.182. The highest BCUT2D eigenvalue weighted by atomic mass is 32.2. The third-order valence-corrected chi connectivity index (χ3v) is 6.41. The molecular weight excluding hydrogens is 366 g/mol. The fourth-order valence-corrected chi connectivity index (χ4v) is 4.76. The molecule has 1 atom stereocenters. The largest absolute Gasteiger partial charge is 0.484 e. The second-order valence-electron chi connectivity index (χ2n) is 6.57. The van der Waals surface area contributed by atoms with Crippen molar-refractivity contribution in [2.75, 3.05) is 25.2 Å². The average Bonchev–Trinajstić information content (AvgIpc) is 3.05. The Kier molecular flexibility index (Phi) is 5.60. The summed E-state index contributed by atoms with van der Waals surface area (Å²) in [5, 5.41) is 0. The number of carbonyl (C=O) groups is 2. The molecule has 0 aliphatic carbocycles. The van der Waals surface area contributed by atoms with Crippen LogP contribution in [0.15, 0.2) is 54.6 Å². The molecule has 1 fully saturated rings. The number of ketones is 1. The van der Waals surface area contributed by atoms with Crippen LogP contribution in [-0.2, 0) is 14.6 Å². The van der Waals surface area contributed by atoms with Crippen molar-refractivity contribution in [1.29, 1.82) is 0 Å². The monoisotopic (exact) mass is 387 g/mol. The Balaban J connectivity index is 1.56. The predicted octanol–water partition coefficient (Wildman–Crippen LogP) is 1.94. The van der Waals surface area contributed by atoms with Gasteiger partial charge in [-0.15, -0.1) is 0 Å². The Morgan fingerprint density at radius 3 is 2.26 bits per heavy atom. The summed E-state index contributed by atoms with van der Waals surface area (Å²) in [6, 6.07) is 15.3. The van der Waals surface area contributed by atoms with Crippen molar-refractivity contribution in [1.82, 2.24) is 4.90 Å². The number of carbonyl (C=O) groups excluding carboxylic acids is 2. The molecule has 0 spiro atoms. The molecule has 2 aromatic rings. The van der Waals surface area contributed by atoms with Crippen molar-refractivity contribution in [3.8, 4) is 5.75 Å². The van der Waals surface area contributed by atoms with Crippen molar-refractivity contribution in [2.24, 2.45) is 0 Å². The van der Waals surface area contributed by atoms with Gasteiger partial charge < -0.3 is 9.64 Å². The number of nitrogens with zero attached hydrogens (tertiary/aromatic N) is 1. The maximum absolute atomic E-state index is 12.4. The lowest BCUT2D eigenvalue weighted by Gasteiger charge is -2.23. The maximum Gasteiger partial charge on any atom is 0.260 e. The van der Waals surface area contributed by atoms with Crippen LogP contribution >= 0.6 is 0 Å². The van der Waals surface area contributed by atoms with E-state index in [1.807, 2.05) is 18.2 Å². The summed E-state index contributed by atoms with van der Waals surface area (Å²) in [5.41, 5.74) is 1.14. The van der Waals surface area contributed by atoms with Crippen LogP contribution in [0.5, 0.6) is 5.75 Å². The summed E-state index contributed by atoms with van der Waals surface area (Å²) >= 11 is 0. The highest BCUT2D eigenvalue weighted by Crippen LogP contribution is 2.18. The van der Waals surface area contributed by atoms with Gasteiger partial charge in [0.25, 0.3) is 5.91 Å². The van der Waals surface area contributed by atoms with E-state index in [4.69, 9.17) is 4.74 Å². The Morgan fingerprint density at radius 1 is 1.04 bits per heavy atom. The first-order chi connectivity index (χ1) is 12.9. The van der Waals surface area contributed by atoms with Crippen molar-refractivity contribution in [3.63, 3.8) is 0 Å². The quantitative estimate of drug-likeness (QED) is 0.708. The molecule has 1 aliphatic rings. The molecule has 0 bridgehead atoms. The van der Waals surface area contributed by atoms with Crippen LogP contribution in [0.25, 0.3) is 0 Å². The summed E-state index contributed by atoms with van der Waals surface area (Å²) in [6.07, 6.45) is 0.459. The molecule has 1 heterocycles. The Labute approximate surface area is 158 Å². The van der Waals surface area contributed by atoms with Crippen LogP contribution in [-0.4, -0.2) is 56.2 Å². The first kappa shape index (κ1) is 19.1. The van der Waals surface area contributed by atoms with Gasteiger partial charge in [-0.3, -0.25) is 9.59 Å². The lowest BCUT2D eigenvalue weighted by Crippen LogP contribution is -2.40. The normalized spacial score (nSPS) is 18.0. The SMILES string of the molecule is CN(C(=O)COc1ccc(C(=O)c2ccccc2)cc1)C1CCS(=O)(=O)C1. The van der Waals surface area contributed by atoms with Crippen LogP contribution in [0.4, 0.5) is 0 Å². The molecule has 3 rings (SSSR count). The number of likely N-dealkylation sites (N-methyl/N-ethyl adjacent to an activating group) is 1. The molecule has 142 valence electrons. The Hall–Kier alpha value is -2.67. The molecule has 27 heavy (non-hydrogen) atoms. The smallest absolute Gasteiger partial charge is 0.260 e. The number of sulfone groups is 1. The first-order valence-corrected chi connectivity index (χ1v) is 10.5. The molecule has 0 N–H and O–H groups in total. The second-order valence-corrected chi connectivity index (χ2v) is 8.80.